The van der Waals surface area contributed by atoms with Crippen LogP contribution in [0.4, 0.5) is 0 Å². The number of hydrogen-bond donors (Lipinski definition) is 0. The van der Waals surface area contributed by atoms with Crippen LogP contribution in [-0.4, -0.2) is 34.2 Å². The maximum atomic E-state index is 11.7. The SMILES string of the molecule is CCN(C)C(=O)Cn1ncc(Br)c(Br)c1=O. The lowest BCUT2D eigenvalue weighted by Crippen LogP contribution is -2.35. The van der Waals surface area contributed by atoms with E-state index in [0.717, 1.165) is 4.68 Å². The Labute approximate surface area is 110 Å². The monoisotopic (exact) mass is 351 g/mol. The summed E-state index contributed by atoms with van der Waals surface area (Å²) >= 11 is 6.30. The number of aromatic nitrogens is 2. The lowest BCUT2D eigenvalue weighted by atomic mass is 10.5. The Hall–Kier alpha value is -0.690. The summed E-state index contributed by atoms with van der Waals surface area (Å²) < 4.78 is 2.07. The fourth-order valence-electron chi connectivity index (χ4n) is 0.983. The third kappa shape index (κ3) is 2.91. The van der Waals surface area contributed by atoms with Crippen LogP contribution in [0.2, 0.25) is 0 Å². The van der Waals surface area contributed by atoms with Gasteiger partial charge < -0.3 is 4.90 Å². The van der Waals surface area contributed by atoms with Crippen molar-refractivity contribution in [2.24, 2.45) is 0 Å². The molecule has 5 nitrogen and oxygen atoms in total. The van der Waals surface area contributed by atoms with Crippen molar-refractivity contribution in [3.63, 3.8) is 0 Å². The van der Waals surface area contributed by atoms with Crippen LogP contribution in [0.3, 0.4) is 0 Å². The second kappa shape index (κ2) is 5.58. The summed E-state index contributed by atoms with van der Waals surface area (Å²) in [7, 11) is 1.68. The summed E-state index contributed by atoms with van der Waals surface area (Å²) in [6, 6.07) is 0. The van der Waals surface area contributed by atoms with Gasteiger partial charge in [-0.05, 0) is 38.8 Å². The summed E-state index contributed by atoms with van der Waals surface area (Å²) in [6.07, 6.45) is 1.48. The lowest BCUT2D eigenvalue weighted by molar-refractivity contribution is -0.130. The third-order valence-corrected chi connectivity index (χ3v) is 4.03. The zero-order valence-corrected chi connectivity index (χ0v) is 12.1. The van der Waals surface area contributed by atoms with Crippen molar-refractivity contribution < 1.29 is 4.79 Å². The second-order valence-electron chi connectivity index (χ2n) is 3.18. The highest BCUT2D eigenvalue weighted by molar-refractivity contribution is 9.13. The molecule has 0 radical (unpaired) electrons. The van der Waals surface area contributed by atoms with E-state index in [1.165, 1.54) is 11.1 Å². The molecule has 0 aromatic carbocycles. The van der Waals surface area contributed by atoms with E-state index in [1.807, 2.05) is 6.92 Å². The largest absolute Gasteiger partial charge is 0.344 e. The fourth-order valence-corrected chi connectivity index (χ4v) is 1.55. The molecule has 7 heteroatoms. The Balaban J connectivity index is 2.95. The molecular weight excluding hydrogens is 342 g/mol. The summed E-state index contributed by atoms with van der Waals surface area (Å²) in [5, 5.41) is 3.88. The molecule has 1 amide bonds. The highest BCUT2D eigenvalue weighted by Crippen LogP contribution is 2.16. The van der Waals surface area contributed by atoms with Crippen molar-refractivity contribution >= 4 is 37.8 Å². The normalized spacial score (nSPS) is 10.2. The van der Waals surface area contributed by atoms with Gasteiger partial charge in [-0.15, -0.1) is 0 Å². The van der Waals surface area contributed by atoms with Gasteiger partial charge in [0.1, 0.15) is 11.0 Å². The molecule has 0 aliphatic rings. The predicted octanol–water partition coefficient (Wildman–Crippen LogP) is 1.25. The van der Waals surface area contributed by atoms with E-state index in [-0.39, 0.29) is 18.0 Å². The van der Waals surface area contributed by atoms with E-state index in [4.69, 9.17) is 0 Å². The van der Waals surface area contributed by atoms with Crippen LogP contribution in [0.15, 0.2) is 19.9 Å². The Kier molecular flexibility index (Phi) is 4.67. The first kappa shape index (κ1) is 13.4. The third-order valence-electron chi connectivity index (χ3n) is 2.13. The summed E-state index contributed by atoms with van der Waals surface area (Å²) in [5.41, 5.74) is -0.327. The highest BCUT2D eigenvalue weighted by atomic mass is 79.9. The molecule has 16 heavy (non-hydrogen) atoms. The van der Waals surface area contributed by atoms with Gasteiger partial charge in [0.15, 0.2) is 0 Å². The second-order valence-corrected chi connectivity index (χ2v) is 4.82. The summed E-state index contributed by atoms with van der Waals surface area (Å²) in [5.74, 6) is -0.147. The van der Waals surface area contributed by atoms with Gasteiger partial charge in [-0.3, -0.25) is 9.59 Å². The van der Waals surface area contributed by atoms with Gasteiger partial charge in [0.05, 0.1) is 10.7 Å². The number of carbonyl (C=O) groups excluding carboxylic acids is 1. The zero-order valence-electron chi connectivity index (χ0n) is 8.91. The van der Waals surface area contributed by atoms with Crippen LogP contribution in [0.1, 0.15) is 6.92 Å². The molecular formula is C9H11Br2N3O2. The molecule has 1 aromatic rings. The van der Waals surface area contributed by atoms with E-state index in [1.54, 1.807) is 7.05 Å². The minimum atomic E-state index is -0.327. The molecule has 0 spiro atoms. The van der Waals surface area contributed by atoms with Gasteiger partial charge in [0.25, 0.3) is 5.56 Å². The number of likely N-dealkylation sites (N-methyl/N-ethyl adjacent to an activating group) is 1. The van der Waals surface area contributed by atoms with Gasteiger partial charge in [0, 0.05) is 13.6 Å². The molecule has 0 N–H and O–H groups in total. The Morgan fingerprint density at radius 3 is 2.75 bits per heavy atom. The highest BCUT2D eigenvalue weighted by Gasteiger charge is 2.12. The lowest BCUT2D eigenvalue weighted by Gasteiger charge is -2.14. The standard InChI is InChI=1S/C9H11Br2N3O2/c1-3-13(2)7(15)5-14-9(16)8(11)6(10)4-12-14/h4H,3,5H2,1-2H3. The van der Waals surface area contributed by atoms with Gasteiger partial charge in [-0.2, -0.15) is 5.10 Å². The summed E-state index contributed by atoms with van der Waals surface area (Å²) in [6.45, 7) is 2.42. The van der Waals surface area contributed by atoms with Crippen molar-refractivity contribution in [3.05, 3.63) is 25.5 Å². The van der Waals surface area contributed by atoms with Crippen molar-refractivity contribution in [2.75, 3.05) is 13.6 Å². The van der Waals surface area contributed by atoms with Crippen LogP contribution in [0.25, 0.3) is 0 Å². The number of nitrogens with zero attached hydrogens (tertiary/aromatic N) is 3. The van der Waals surface area contributed by atoms with Crippen LogP contribution in [0.5, 0.6) is 0 Å². The quantitative estimate of drug-likeness (QED) is 0.822. The predicted molar refractivity (Wildman–Crippen MR) is 67.2 cm³/mol. The van der Waals surface area contributed by atoms with Gasteiger partial charge in [-0.1, -0.05) is 0 Å². The maximum absolute atomic E-state index is 11.7. The number of halogens is 2. The molecule has 0 fully saturated rings. The number of rotatable bonds is 3. The smallest absolute Gasteiger partial charge is 0.282 e. The van der Waals surface area contributed by atoms with Crippen molar-refractivity contribution in [1.29, 1.82) is 0 Å². The Bertz CT molecular complexity index is 459. The molecule has 0 saturated carbocycles. The van der Waals surface area contributed by atoms with E-state index >= 15 is 0 Å². The van der Waals surface area contributed by atoms with Crippen molar-refractivity contribution in [3.8, 4) is 0 Å². The molecule has 88 valence electrons. The first-order valence-electron chi connectivity index (χ1n) is 4.62. The Morgan fingerprint density at radius 2 is 2.19 bits per heavy atom. The molecule has 1 heterocycles. The number of hydrogen-bond acceptors (Lipinski definition) is 3. The first-order valence-corrected chi connectivity index (χ1v) is 6.21. The number of carbonyl (C=O) groups is 1. The fraction of sp³-hybridized carbons (Fsp3) is 0.444. The van der Waals surface area contributed by atoms with E-state index in [0.29, 0.717) is 15.5 Å². The molecule has 1 rings (SSSR count). The van der Waals surface area contributed by atoms with E-state index in [2.05, 4.69) is 37.0 Å². The van der Waals surface area contributed by atoms with Crippen LogP contribution in [0, 0.1) is 0 Å². The molecule has 0 bridgehead atoms. The van der Waals surface area contributed by atoms with Crippen LogP contribution < -0.4 is 5.56 Å². The molecule has 0 aliphatic heterocycles. The number of amides is 1. The molecule has 0 aliphatic carbocycles. The molecule has 0 unspecified atom stereocenters. The average molecular weight is 353 g/mol. The van der Waals surface area contributed by atoms with Crippen LogP contribution in [-0.2, 0) is 11.3 Å². The average Bonchev–Trinajstić information content (AvgIpc) is 2.28. The van der Waals surface area contributed by atoms with Crippen molar-refractivity contribution in [2.45, 2.75) is 13.5 Å². The first-order chi connectivity index (χ1) is 7.47. The van der Waals surface area contributed by atoms with Gasteiger partial charge in [-0.25, -0.2) is 4.68 Å². The van der Waals surface area contributed by atoms with Gasteiger partial charge >= 0.3 is 0 Å². The maximum Gasteiger partial charge on any atom is 0.282 e. The molecule has 0 atom stereocenters. The van der Waals surface area contributed by atoms with E-state index in [9.17, 15) is 9.59 Å². The minimum Gasteiger partial charge on any atom is -0.344 e. The zero-order chi connectivity index (χ0) is 12.3. The topological polar surface area (TPSA) is 55.2 Å². The summed E-state index contributed by atoms with van der Waals surface area (Å²) in [4.78, 5) is 24.8. The van der Waals surface area contributed by atoms with Crippen LogP contribution >= 0.6 is 31.9 Å². The molecule has 0 saturated heterocycles. The van der Waals surface area contributed by atoms with Crippen molar-refractivity contribution in [1.82, 2.24) is 14.7 Å². The van der Waals surface area contributed by atoms with E-state index < -0.39 is 0 Å². The Morgan fingerprint density at radius 1 is 1.56 bits per heavy atom. The minimum absolute atomic E-state index is 0.0466. The molecule has 1 aromatic heterocycles. The van der Waals surface area contributed by atoms with Gasteiger partial charge in [0.2, 0.25) is 5.91 Å².